The first-order valence-electron chi connectivity index (χ1n) is 7.20. The van der Waals surface area contributed by atoms with Crippen LogP contribution in [0.15, 0.2) is 54.0 Å². The fraction of sp³-hybridized carbons (Fsp3) is 0.118. The summed E-state index contributed by atoms with van der Waals surface area (Å²) in [7, 11) is 0. The van der Waals surface area contributed by atoms with Crippen molar-refractivity contribution < 1.29 is 4.79 Å². The Morgan fingerprint density at radius 3 is 2.79 bits per heavy atom. The van der Waals surface area contributed by atoms with E-state index >= 15 is 0 Å². The molecule has 4 nitrogen and oxygen atoms in total. The van der Waals surface area contributed by atoms with Gasteiger partial charge in [-0.3, -0.25) is 9.78 Å². The first-order valence-corrected chi connectivity index (χ1v) is 10.3. The highest BCUT2D eigenvalue weighted by molar-refractivity contribution is 14.1. The van der Waals surface area contributed by atoms with Crippen molar-refractivity contribution in [2.45, 2.75) is 5.75 Å². The van der Waals surface area contributed by atoms with Gasteiger partial charge in [0.15, 0.2) is 5.13 Å². The molecule has 0 saturated carbocycles. The number of halogens is 1. The van der Waals surface area contributed by atoms with Crippen molar-refractivity contribution in [1.29, 1.82) is 0 Å². The number of anilines is 1. The molecule has 7 heteroatoms. The van der Waals surface area contributed by atoms with Crippen molar-refractivity contribution >= 4 is 56.7 Å². The van der Waals surface area contributed by atoms with Crippen LogP contribution in [-0.4, -0.2) is 21.6 Å². The van der Waals surface area contributed by atoms with Crippen LogP contribution in [0.1, 0.15) is 5.69 Å². The van der Waals surface area contributed by atoms with Gasteiger partial charge in [0.05, 0.1) is 17.1 Å². The highest BCUT2D eigenvalue weighted by Crippen LogP contribution is 2.25. The summed E-state index contributed by atoms with van der Waals surface area (Å²) in [5.41, 5.74) is 2.91. The Balaban J connectivity index is 1.51. The maximum absolute atomic E-state index is 12.0. The number of hydrogen-bond acceptors (Lipinski definition) is 5. The van der Waals surface area contributed by atoms with Gasteiger partial charge in [-0.25, -0.2) is 4.98 Å². The molecule has 2 aromatic heterocycles. The third-order valence-corrected chi connectivity index (χ3v) is 5.54. The number of aromatic nitrogens is 2. The second kappa shape index (κ2) is 8.59. The third-order valence-electron chi connectivity index (χ3n) is 3.10. The predicted molar refractivity (Wildman–Crippen MR) is 109 cm³/mol. The molecular formula is C17H14IN3OS2. The van der Waals surface area contributed by atoms with Crippen LogP contribution in [0.4, 0.5) is 5.13 Å². The fourth-order valence-electron chi connectivity index (χ4n) is 1.97. The number of nitrogens with one attached hydrogen (secondary N) is 1. The van der Waals surface area contributed by atoms with Crippen LogP contribution in [0.3, 0.4) is 0 Å². The number of amides is 1. The lowest BCUT2D eigenvalue weighted by Crippen LogP contribution is -2.14. The molecule has 0 fully saturated rings. The minimum absolute atomic E-state index is 0.0422. The van der Waals surface area contributed by atoms with Crippen LogP contribution in [0.25, 0.3) is 11.3 Å². The molecule has 0 spiro atoms. The van der Waals surface area contributed by atoms with E-state index in [1.165, 1.54) is 26.7 Å². The molecule has 1 amide bonds. The maximum atomic E-state index is 12.0. The van der Waals surface area contributed by atoms with E-state index in [4.69, 9.17) is 0 Å². The van der Waals surface area contributed by atoms with E-state index < -0.39 is 0 Å². The van der Waals surface area contributed by atoms with Crippen molar-refractivity contribution in [3.8, 4) is 11.3 Å². The summed E-state index contributed by atoms with van der Waals surface area (Å²) >= 11 is 5.25. The number of pyridine rings is 1. The largest absolute Gasteiger partial charge is 0.301 e. The first kappa shape index (κ1) is 17.4. The van der Waals surface area contributed by atoms with E-state index in [9.17, 15) is 4.79 Å². The summed E-state index contributed by atoms with van der Waals surface area (Å²) in [5.74, 6) is 1.06. The van der Waals surface area contributed by atoms with Gasteiger partial charge < -0.3 is 5.32 Å². The van der Waals surface area contributed by atoms with Gasteiger partial charge in [-0.1, -0.05) is 18.2 Å². The quantitative estimate of drug-likeness (QED) is 0.535. The maximum Gasteiger partial charge on any atom is 0.236 e. The lowest BCUT2D eigenvalue weighted by molar-refractivity contribution is -0.113. The standard InChI is InChI=1S/C17H14IN3OS2/c18-13-6-4-12(5-7-13)15-10-24-17(20-15)21-16(22)11-23-9-14-3-1-2-8-19-14/h1-8,10H,9,11H2,(H,20,21,22). The van der Waals surface area contributed by atoms with E-state index in [-0.39, 0.29) is 5.91 Å². The van der Waals surface area contributed by atoms with E-state index in [0.29, 0.717) is 10.9 Å². The average Bonchev–Trinajstić information content (AvgIpc) is 3.05. The van der Waals surface area contributed by atoms with Gasteiger partial charge >= 0.3 is 0 Å². The van der Waals surface area contributed by atoms with Crippen molar-refractivity contribution in [2.24, 2.45) is 0 Å². The monoisotopic (exact) mass is 467 g/mol. The Labute approximate surface area is 162 Å². The van der Waals surface area contributed by atoms with Gasteiger partial charge in [0.25, 0.3) is 0 Å². The van der Waals surface area contributed by atoms with E-state index in [1.54, 1.807) is 6.20 Å². The summed E-state index contributed by atoms with van der Waals surface area (Å²) in [6.07, 6.45) is 1.76. The molecule has 0 unspecified atom stereocenters. The molecule has 0 aliphatic carbocycles. The zero-order valence-corrected chi connectivity index (χ0v) is 16.4. The number of nitrogens with zero attached hydrogens (tertiary/aromatic N) is 2. The Morgan fingerprint density at radius 2 is 2.04 bits per heavy atom. The van der Waals surface area contributed by atoms with Crippen LogP contribution < -0.4 is 5.32 Å². The fourth-order valence-corrected chi connectivity index (χ4v) is 3.81. The van der Waals surface area contributed by atoms with E-state index in [0.717, 1.165) is 22.7 Å². The number of rotatable bonds is 6. The van der Waals surface area contributed by atoms with E-state index in [1.807, 2.05) is 47.8 Å². The number of hydrogen-bond donors (Lipinski definition) is 1. The van der Waals surface area contributed by atoms with E-state index in [2.05, 4.69) is 37.9 Å². The number of thioether (sulfide) groups is 1. The number of thiazole rings is 1. The number of benzene rings is 1. The second-order valence-corrected chi connectivity index (χ2v) is 8.00. The minimum Gasteiger partial charge on any atom is -0.301 e. The molecule has 1 aromatic carbocycles. The molecule has 122 valence electrons. The molecule has 0 atom stereocenters. The van der Waals surface area contributed by atoms with Gasteiger partial charge in [0.1, 0.15) is 0 Å². The molecule has 0 radical (unpaired) electrons. The SMILES string of the molecule is O=C(CSCc1ccccn1)Nc1nc(-c2ccc(I)cc2)cs1. The molecule has 0 saturated heterocycles. The normalized spacial score (nSPS) is 10.5. The molecular weight excluding hydrogens is 453 g/mol. The number of carbonyl (C=O) groups is 1. The van der Waals surface area contributed by atoms with Crippen LogP contribution >= 0.6 is 45.7 Å². The first-order chi connectivity index (χ1) is 11.7. The molecule has 24 heavy (non-hydrogen) atoms. The highest BCUT2D eigenvalue weighted by Gasteiger charge is 2.08. The van der Waals surface area contributed by atoms with Gasteiger partial charge in [-0.2, -0.15) is 0 Å². The number of carbonyl (C=O) groups excluding carboxylic acids is 1. The van der Waals surface area contributed by atoms with Crippen LogP contribution in [0, 0.1) is 3.57 Å². The van der Waals surface area contributed by atoms with Crippen LogP contribution in [0.5, 0.6) is 0 Å². The van der Waals surface area contributed by atoms with Gasteiger partial charge in [0, 0.05) is 26.5 Å². The molecule has 2 heterocycles. The Hall–Kier alpha value is -1.45. The smallest absolute Gasteiger partial charge is 0.236 e. The molecule has 1 N–H and O–H groups in total. The zero-order chi connectivity index (χ0) is 16.8. The van der Waals surface area contributed by atoms with Crippen molar-refractivity contribution in [1.82, 2.24) is 9.97 Å². The summed E-state index contributed by atoms with van der Waals surface area (Å²) in [6, 6.07) is 13.9. The van der Waals surface area contributed by atoms with Crippen molar-refractivity contribution in [2.75, 3.05) is 11.1 Å². The third kappa shape index (κ3) is 5.02. The van der Waals surface area contributed by atoms with Crippen LogP contribution in [-0.2, 0) is 10.5 Å². The average molecular weight is 467 g/mol. The highest BCUT2D eigenvalue weighted by atomic mass is 127. The summed E-state index contributed by atoms with van der Waals surface area (Å²) in [6.45, 7) is 0. The Morgan fingerprint density at radius 1 is 1.21 bits per heavy atom. The molecule has 0 aliphatic heterocycles. The van der Waals surface area contributed by atoms with Gasteiger partial charge in [-0.15, -0.1) is 23.1 Å². The topological polar surface area (TPSA) is 54.9 Å². The predicted octanol–water partition coefficient (Wildman–Crippen LogP) is 4.68. The minimum atomic E-state index is -0.0422. The summed E-state index contributed by atoms with van der Waals surface area (Å²) in [5, 5.41) is 5.44. The van der Waals surface area contributed by atoms with Gasteiger partial charge in [0.2, 0.25) is 5.91 Å². The zero-order valence-electron chi connectivity index (χ0n) is 12.6. The van der Waals surface area contributed by atoms with Crippen molar-refractivity contribution in [3.05, 3.63) is 63.3 Å². The molecule has 0 bridgehead atoms. The summed E-state index contributed by atoms with van der Waals surface area (Å²) < 4.78 is 1.19. The summed E-state index contributed by atoms with van der Waals surface area (Å²) in [4.78, 5) is 20.7. The second-order valence-electron chi connectivity index (χ2n) is 4.91. The molecule has 0 aliphatic rings. The van der Waals surface area contributed by atoms with Gasteiger partial charge in [-0.05, 0) is 46.9 Å². The van der Waals surface area contributed by atoms with Crippen LogP contribution in [0.2, 0.25) is 0 Å². The molecule has 3 aromatic rings. The lowest BCUT2D eigenvalue weighted by Gasteiger charge is -2.02. The Bertz CT molecular complexity index is 806. The lowest BCUT2D eigenvalue weighted by atomic mass is 10.2. The van der Waals surface area contributed by atoms with Crippen molar-refractivity contribution in [3.63, 3.8) is 0 Å². The Kier molecular flexibility index (Phi) is 6.22. The molecule has 3 rings (SSSR count).